The first kappa shape index (κ1) is 18.1. The van der Waals surface area contributed by atoms with Crippen molar-refractivity contribution in [2.24, 2.45) is 0 Å². The second kappa shape index (κ2) is 8.63. The summed E-state index contributed by atoms with van der Waals surface area (Å²) in [5.74, 6) is 0.995. The number of amides is 1. The van der Waals surface area contributed by atoms with Crippen molar-refractivity contribution in [1.29, 1.82) is 0 Å². The fourth-order valence-electron chi connectivity index (χ4n) is 2.64. The number of carbonyl (C=O) groups is 1. The maximum atomic E-state index is 12.2. The van der Waals surface area contributed by atoms with Crippen LogP contribution < -0.4 is 10.1 Å². The van der Waals surface area contributed by atoms with E-state index in [2.05, 4.69) is 30.2 Å². The molecular weight excluding hydrogens is 344 g/mol. The van der Waals surface area contributed by atoms with Crippen molar-refractivity contribution < 1.29 is 9.53 Å². The van der Waals surface area contributed by atoms with Crippen LogP contribution in [-0.2, 0) is 4.79 Å². The summed E-state index contributed by atoms with van der Waals surface area (Å²) in [5, 5.41) is 5.78. The smallest absolute Gasteiger partial charge is 0.262 e. The van der Waals surface area contributed by atoms with E-state index in [9.17, 15) is 4.79 Å². The van der Waals surface area contributed by atoms with Crippen molar-refractivity contribution in [2.75, 3.05) is 11.9 Å². The summed E-state index contributed by atoms with van der Waals surface area (Å²) in [4.78, 5) is 16.5. The van der Waals surface area contributed by atoms with Crippen LogP contribution in [0.2, 0.25) is 0 Å². The van der Waals surface area contributed by atoms with Gasteiger partial charge in [-0.2, -0.15) is 0 Å². The first-order chi connectivity index (χ1) is 12.7. The molecule has 1 amide bonds. The van der Waals surface area contributed by atoms with Crippen LogP contribution in [0.25, 0.3) is 10.6 Å². The Kier molecular flexibility index (Phi) is 6.02. The third kappa shape index (κ3) is 4.49. The molecule has 1 atom stereocenters. The second-order valence-corrected chi connectivity index (χ2v) is 6.99. The van der Waals surface area contributed by atoms with Gasteiger partial charge in [-0.1, -0.05) is 32.0 Å². The number of nitrogens with zero attached hydrogens (tertiary/aromatic N) is 1. The van der Waals surface area contributed by atoms with Crippen LogP contribution in [-0.4, -0.2) is 17.5 Å². The molecule has 5 heteroatoms. The lowest BCUT2D eigenvalue weighted by atomic mass is 9.98. The third-order valence-electron chi connectivity index (χ3n) is 4.27. The highest BCUT2D eigenvalue weighted by atomic mass is 32.1. The molecule has 1 N–H and O–H groups in total. The fourth-order valence-corrected chi connectivity index (χ4v) is 3.29. The molecular formula is C21H22N2O2S. The summed E-state index contributed by atoms with van der Waals surface area (Å²) in [7, 11) is 0. The van der Waals surface area contributed by atoms with Crippen molar-refractivity contribution >= 4 is 22.9 Å². The summed E-state index contributed by atoms with van der Waals surface area (Å²) in [5.41, 5.74) is 2.92. The summed E-state index contributed by atoms with van der Waals surface area (Å²) >= 11 is 1.59. The molecule has 0 saturated carbocycles. The molecule has 0 saturated heterocycles. The number of hydrogen-bond donors (Lipinski definition) is 1. The Balaban J connectivity index is 1.58. The summed E-state index contributed by atoms with van der Waals surface area (Å²) < 4.78 is 5.76. The van der Waals surface area contributed by atoms with Gasteiger partial charge in [0.05, 0.1) is 0 Å². The topological polar surface area (TPSA) is 51.2 Å². The molecule has 0 aliphatic heterocycles. The average molecular weight is 366 g/mol. The number of nitrogens with one attached hydrogen (secondary N) is 1. The highest BCUT2D eigenvalue weighted by Gasteiger charge is 2.11. The lowest BCUT2D eigenvalue weighted by Gasteiger charge is -2.15. The van der Waals surface area contributed by atoms with Crippen LogP contribution in [0.5, 0.6) is 5.75 Å². The van der Waals surface area contributed by atoms with E-state index in [1.165, 1.54) is 0 Å². The zero-order valence-corrected chi connectivity index (χ0v) is 15.8. The van der Waals surface area contributed by atoms with Gasteiger partial charge in [0.15, 0.2) is 6.61 Å². The van der Waals surface area contributed by atoms with Crippen molar-refractivity contribution in [3.63, 3.8) is 0 Å². The van der Waals surface area contributed by atoms with Gasteiger partial charge >= 0.3 is 0 Å². The zero-order valence-electron chi connectivity index (χ0n) is 14.9. The molecule has 0 aliphatic carbocycles. The number of thiazole rings is 1. The van der Waals surface area contributed by atoms with E-state index in [0.29, 0.717) is 5.92 Å². The third-order valence-corrected chi connectivity index (χ3v) is 5.09. The Bertz CT molecular complexity index is 845. The predicted octanol–water partition coefficient (Wildman–Crippen LogP) is 5.34. The number of anilines is 1. The minimum Gasteiger partial charge on any atom is -0.483 e. The molecule has 3 rings (SSSR count). The number of hydrogen-bond acceptors (Lipinski definition) is 4. The quantitative estimate of drug-likeness (QED) is 0.614. The van der Waals surface area contributed by atoms with Crippen molar-refractivity contribution in [3.05, 3.63) is 65.7 Å². The largest absolute Gasteiger partial charge is 0.483 e. The normalized spacial score (nSPS) is 11.8. The van der Waals surface area contributed by atoms with Crippen molar-refractivity contribution in [3.8, 4) is 16.3 Å². The van der Waals surface area contributed by atoms with Gasteiger partial charge in [-0.05, 0) is 48.2 Å². The van der Waals surface area contributed by atoms with Crippen LogP contribution in [0, 0.1) is 0 Å². The van der Waals surface area contributed by atoms with Crippen molar-refractivity contribution in [2.45, 2.75) is 26.2 Å². The van der Waals surface area contributed by atoms with Crippen LogP contribution in [0.15, 0.2) is 60.1 Å². The van der Waals surface area contributed by atoms with Gasteiger partial charge in [-0.15, -0.1) is 11.3 Å². The molecule has 0 unspecified atom stereocenters. The first-order valence-electron chi connectivity index (χ1n) is 8.69. The van der Waals surface area contributed by atoms with Crippen LogP contribution >= 0.6 is 11.3 Å². The van der Waals surface area contributed by atoms with Gasteiger partial charge in [0, 0.05) is 22.8 Å². The molecule has 2 aromatic carbocycles. The standard InChI is InChI=1S/C21H22N2O2S/c1-3-15(2)18-6-4-5-7-19(18)25-14-20(24)23-17-10-8-16(9-11-17)21-22-12-13-26-21/h4-13,15H,3,14H2,1-2H3,(H,23,24)/t15-/m0/s1. The number of ether oxygens (including phenoxy) is 1. The van der Waals surface area contributed by atoms with E-state index >= 15 is 0 Å². The van der Waals surface area contributed by atoms with E-state index in [1.807, 2.05) is 47.8 Å². The minimum atomic E-state index is -0.175. The molecule has 26 heavy (non-hydrogen) atoms. The van der Waals surface area contributed by atoms with Gasteiger partial charge < -0.3 is 10.1 Å². The lowest BCUT2D eigenvalue weighted by molar-refractivity contribution is -0.118. The maximum Gasteiger partial charge on any atom is 0.262 e. The SMILES string of the molecule is CC[C@H](C)c1ccccc1OCC(=O)Nc1ccc(-c2nccs2)cc1. The Morgan fingerprint density at radius 1 is 1.19 bits per heavy atom. The second-order valence-electron chi connectivity index (χ2n) is 6.10. The molecule has 0 bridgehead atoms. The molecule has 4 nitrogen and oxygen atoms in total. The van der Waals surface area contributed by atoms with Crippen LogP contribution in [0.3, 0.4) is 0 Å². The highest BCUT2D eigenvalue weighted by molar-refractivity contribution is 7.13. The number of carbonyl (C=O) groups excluding carboxylic acids is 1. The molecule has 0 fully saturated rings. The van der Waals surface area contributed by atoms with Crippen LogP contribution in [0.4, 0.5) is 5.69 Å². The van der Waals surface area contributed by atoms with Crippen molar-refractivity contribution in [1.82, 2.24) is 4.98 Å². The monoisotopic (exact) mass is 366 g/mol. The lowest BCUT2D eigenvalue weighted by Crippen LogP contribution is -2.20. The number of aromatic nitrogens is 1. The predicted molar refractivity (Wildman–Crippen MR) is 107 cm³/mol. The Morgan fingerprint density at radius 2 is 1.96 bits per heavy atom. The van der Waals surface area contributed by atoms with E-state index < -0.39 is 0 Å². The zero-order chi connectivity index (χ0) is 18.4. The van der Waals surface area contributed by atoms with E-state index in [4.69, 9.17) is 4.74 Å². The fraction of sp³-hybridized carbons (Fsp3) is 0.238. The van der Waals surface area contributed by atoms with Crippen LogP contribution in [0.1, 0.15) is 31.7 Å². The van der Waals surface area contributed by atoms with Gasteiger partial charge in [-0.25, -0.2) is 4.98 Å². The Hall–Kier alpha value is -2.66. The highest BCUT2D eigenvalue weighted by Crippen LogP contribution is 2.28. The van der Waals surface area contributed by atoms with E-state index in [-0.39, 0.29) is 12.5 Å². The number of para-hydroxylation sites is 1. The molecule has 0 spiro atoms. The van der Waals surface area contributed by atoms with Gasteiger partial charge in [0.2, 0.25) is 0 Å². The number of benzene rings is 2. The molecule has 1 heterocycles. The summed E-state index contributed by atoms with van der Waals surface area (Å²) in [6.07, 6.45) is 2.81. The average Bonchev–Trinajstić information content (AvgIpc) is 3.21. The summed E-state index contributed by atoms with van der Waals surface area (Å²) in [6.45, 7) is 4.29. The van der Waals surface area contributed by atoms with Gasteiger partial charge in [0.1, 0.15) is 10.8 Å². The molecule has 3 aromatic rings. The minimum absolute atomic E-state index is 0.0122. The van der Waals surface area contributed by atoms with Gasteiger partial charge in [0.25, 0.3) is 5.91 Å². The van der Waals surface area contributed by atoms with Gasteiger partial charge in [-0.3, -0.25) is 4.79 Å². The first-order valence-corrected chi connectivity index (χ1v) is 9.57. The number of rotatable bonds is 7. The molecule has 1 aromatic heterocycles. The molecule has 0 radical (unpaired) electrons. The molecule has 0 aliphatic rings. The van der Waals surface area contributed by atoms with E-state index in [0.717, 1.165) is 34.0 Å². The Labute approximate surface area is 157 Å². The maximum absolute atomic E-state index is 12.2. The Morgan fingerprint density at radius 3 is 2.65 bits per heavy atom. The van der Waals surface area contributed by atoms with E-state index in [1.54, 1.807) is 17.5 Å². The molecule has 134 valence electrons. The summed E-state index contributed by atoms with van der Waals surface area (Å²) in [6, 6.07) is 15.6.